The van der Waals surface area contributed by atoms with Gasteiger partial charge >= 0.3 is 0 Å². The van der Waals surface area contributed by atoms with E-state index in [1.807, 2.05) is 35.2 Å². The van der Waals surface area contributed by atoms with E-state index in [0.29, 0.717) is 44.8 Å². The van der Waals surface area contributed by atoms with Gasteiger partial charge in [-0.3, -0.25) is 14.4 Å². The number of carbonyl (C=O) groups is 3. The third-order valence-electron chi connectivity index (χ3n) is 6.58. The highest BCUT2D eigenvalue weighted by molar-refractivity contribution is 5.96. The first kappa shape index (κ1) is 23.9. The van der Waals surface area contributed by atoms with E-state index < -0.39 is 5.54 Å². The van der Waals surface area contributed by atoms with Gasteiger partial charge in [0.25, 0.3) is 5.91 Å². The summed E-state index contributed by atoms with van der Waals surface area (Å²) in [6.07, 6.45) is 3.13. The Morgan fingerprint density at radius 1 is 1.06 bits per heavy atom. The molecule has 8 heteroatoms. The molecule has 182 valence electrons. The third-order valence-corrected chi connectivity index (χ3v) is 6.58. The number of amides is 3. The molecule has 1 aromatic heterocycles. The predicted molar refractivity (Wildman–Crippen MR) is 129 cm³/mol. The summed E-state index contributed by atoms with van der Waals surface area (Å²) in [6.45, 7) is 7.84. The van der Waals surface area contributed by atoms with Crippen molar-refractivity contribution in [3.05, 3.63) is 54.5 Å². The minimum Gasteiger partial charge on any atom is -0.467 e. The van der Waals surface area contributed by atoms with Crippen LogP contribution >= 0.6 is 0 Å². The molecule has 2 aliphatic rings. The molecule has 2 aromatic rings. The van der Waals surface area contributed by atoms with Gasteiger partial charge in [0.1, 0.15) is 17.8 Å². The molecule has 1 N–H and O–H groups in total. The number of anilines is 1. The van der Waals surface area contributed by atoms with Gasteiger partial charge in [0.2, 0.25) is 11.8 Å². The summed E-state index contributed by atoms with van der Waals surface area (Å²) in [5.74, 6) is 0.518. The quantitative estimate of drug-likeness (QED) is 0.707. The van der Waals surface area contributed by atoms with Gasteiger partial charge in [-0.2, -0.15) is 0 Å². The fourth-order valence-corrected chi connectivity index (χ4v) is 4.84. The second-order valence-corrected chi connectivity index (χ2v) is 10.4. The van der Waals surface area contributed by atoms with Crippen LogP contribution in [0.2, 0.25) is 0 Å². The lowest BCUT2D eigenvalue weighted by atomic mass is 9.84. The zero-order valence-corrected chi connectivity index (χ0v) is 20.3. The summed E-state index contributed by atoms with van der Waals surface area (Å²) in [5, 5.41) is 2.82. The van der Waals surface area contributed by atoms with Crippen LogP contribution in [0, 0.1) is 5.41 Å². The smallest absolute Gasteiger partial charge is 0.250 e. The van der Waals surface area contributed by atoms with Crippen molar-refractivity contribution in [1.82, 2.24) is 15.1 Å². The van der Waals surface area contributed by atoms with Gasteiger partial charge < -0.3 is 24.4 Å². The van der Waals surface area contributed by atoms with Gasteiger partial charge in [0, 0.05) is 25.2 Å². The van der Waals surface area contributed by atoms with Crippen molar-refractivity contribution in [3.63, 3.8) is 0 Å². The number of hydrogen-bond donors (Lipinski definition) is 1. The lowest BCUT2D eigenvalue weighted by Crippen LogP contribution is -2.57. The zero-order chi connectivity index (χ0) is 24.3. The Balaban J connectivity index is 1.47. The Labute approximate surface area is 200 Å². The summed E-state index contributed by atoms with van der Waals surface area (Å²) < 4.78 is 5.26. The van der Waals surface area contributed by atoms with Gasteiger partial charge in [-0.05, 0) is 42.5 Å². The third kappa shape index (κ3) is 5.11. The number of rotatable bonds is 6. The molecule has 8 nitrogen and oxygen atoms in total. The molecule has 2 aliphatic heterocycles. The normalized spacial score (nSPS) is 18.0. The molecular formula is C26H34N4O4. The maximum atomic E-state index is 13.7. The Bertz CT molecular complexity index is 1010. The molecule has 1 aromatic carbocycles. The van der Waals surface area contributed by atoms with E-state index in [0.717, 1.165) is 5.69 Å². The highest BCUT2D eigenvalue weighted by atomic mass is 16.3. The largest absolute Gasteiger partial charge is 0.467 e. The summed E-state index contributed by atoms with van der Waals surface area (Å²) in [7, 11) is 0. The molecule has 2 fully saturated rings. The SMILES string of the molecule is CC(C)(C)CC(=O)N1CCC2(CC1)C(=O)N(CC(=O)NCc1ccco1)CN2c1ccccc1. The molecular weight excluding hydrogens is 432 g/mol. The number of carbonyl (C=O) groups excluding carboxylic acids is 3. The number of furan rings is 1. The minimum atomic E-state index is -0.749. The van der Waals surface area contributed by atoms with Crippen molar-refractivity contribution in [1.29, 1.82) is 0 Å². The van der Waals surface area contributed by atoms with Crippen LogP contribution in [0.4, 0.5) is 5.69 Å². The Morgan fingerprint density at radius 3 is 2.38 bits per heavy atom. The first-order chi connectivity index (χ1) is 16.2. The van der Waals surface area contributed by atoms with Crippen molar-refractivity contribution in [3.8, 4) is 0 Å². The number of hydrogen-bond acceptors (Lipinski definition) is 5. The van der Waals surface area contributed by atoms with E-state index in [1.54, 1.807) is 23.3 Å². The molecule has 34 heavy (non-hydrogen) atoms. The fourth-order valence-electron chi connectivity index (χ4n) is 4.84. The Kier molecular flexibility index (Phi) is 6.68. The Morgan fingerprint density at radius 2 is 1.76 bits per heavy atom. The van der Waals surface area contributed by atoms with E-state index >= 15 is 0 Å². The molecule has 0 bridgehead atoms. The van der Waals surface area contributed by atoms with E-state index in [-0.39, 0.29) is 36.2 Å². The molecule has 3 amide bonds. The van der Waals surface area contributed by atoms with Crippen LogP contribution in [-0.2, 0) is 20.9 Å². The van der Waals surface area contributed by atoms with Crippen LogP contribution in [0.5, 0.6) is 0 Å². The van der Waals surface area contributed by atoms with Gasteiger partial charge in [-0.15, -0.1) is 0 Å². The summed E-state index contributed by atoms with van der Waals surface area (Å²) in [6, 6.07) is 13.4. The van der Waals surface area contributed by atoms with E-state index in [9.17, 15) is 14.4 Å². The van der Waals surface area contributed by atoms with Gasteiger partial charge in [0.05, 0.1) is 19.5 Å². The van der Waals surface area contributed by atoms with Gasteiger partial charge in [-0.25, -0.2) is 0 Å². The highest BCUT2D eigenvalue weighted by Gasteiger charge is 2.54. The van der Waals surface area contributed by atoms with Crippen molar-refractivity contribution in [2.75, 3.05) is 31.2 Å². The first-order valence-corrected chi connectivity index (χ1v) is 11.9. The molecule has 0 atom stereocenters. The topological polar surface area (TPSA) is 86.1 Å². The monoisotopic (exact) mass is 466 g/mol. The van der Waals surface area contributed by atoms with Crippen molar-refractivity contribution in [2.45, 2.75) is 52.1 Å². The molecule has 3 heterocycles. The number of nitrogens with zero attached hydrogens (tertiary/aromatic N) is 3. The zero-order valence-electron chi connectivity index (χ0n) is 20.3. The molecule has 2 saturated heterocycles. The lowest BCUT2D eigenvalue weighted by molar-refractivity contribution is -0.140. The lowest BCUT2D eigenvalue weighted by Gasteiger charge is -2.43. The predicted octanol–water partition coefficient (Wildman–Crippen LogP) is 3.00. The molecule has 1 spiro atoms. The maximum absolute atomic E-state index is 13.7. The molecule has 0 unspecified atom stereocenters. The minimum absolute atomic E-state index is 0.0166. The van der Waals surface area contributed by atoms with Crippen molar-refractivity contribution < 1.29 is 18.8 Å². The van der Waals surface area contributed by atoms with Crippen LogP contribution in [0.25, 0.3) is 0 Å². The maximum Gasteiger partial charge on any atom is 0.250 e. The van der Waals surface area contributed by atoms with E-state index in [4.69, 9.17) is 4.42 Å². The summed E-state index contributed by atoms with van der Waals surface area (Å²) in [4.78, 5) is 44.7. The average molecular weight is 467 g/mol. The first-order valence-electron chi connectivity index (χ1n) is 11.9. The number of nitrogens with one attached hydrogen (secondary N) is 1. The fraction of sp³-hybridized carbons (Fsp3) is 0.500. The summed E-state index contributed by atoms with van der Waals surface area (Å²) >= 11 is 0. The second-order valence-electron chi connectivity index (χ2n) is 10.4. The van der Waals surface area contributed by atoms with Crippen molar-refractivity contribution >= 4 is 23.4 Å². The number of piperidine rings is 1. The summed E-state index contributed by atoms with van der Waals surface area (Å²) in [5.41, 5.74) is 0.121. The molecule has 0 radical (unpaired) electrons. The van der Waals surface area contributed by atoms with Crippen molar-refractivity contribution in [2.24, 2.45) is 5.41 Å². The average Bonchev–Trinajstić information content (AvgIpc) is 3.41. The van der Waals surface area contributed by atoms with E-state index in [1.165, 1.54) is 0 Å². The molecule has 0 aliphatic carbocycles. The number of benzene rings is 1. The van der Waals surface area contributed by atoms with Crippen LogP contribution in [0.3, 0.4) is 0 Å². The standard InChI is InChI=1S/C26H34N4O4/c1-25(2,3)16-23(32)28-13-11-26(12-14-28)24(33)29(19-30(26)20-8-5-4-6-9-20)18-22(31)27-17-21-10-7-15-34-21/h4-10,15H,11-14,16-19H2,1-3H3,(H,27,31). The van der Waals surface area contributed by atoms with Gasteiger partial charge in [-0.1, -0.05) is 39.0 Å². The van der Waals surface area contributed by atoms with Crippen LogP contribution in [-0.4, -0.2) is 59.4 Å². The van der Waals surface area contributed by atoms with Crippen LogP contribution < -0.4 is 10.2 Å². The highest BCUT2D eigenvalue weighted by Crippen LogP contribution is 2.39. The number of likely N-dealkylation sites (tertiary alicyclic amines) is 1. The van der Waals surface area contributed by atoms with E-state index in [2.05, 4.69) is 31.0 Å². The Hall–Kier alpha value is -3.29. The van der Waals surface area contributed by atoms with Crippen LogP contribution in [0.1, 0.15) is 45.8 Å². The van der Waals surface area contributed by atoms with Gasteiger partial charge in [0.15, 0.2) is 0 Å². The molecule has 4 rings (SSSR count). The van der Waals surface area contributed by atoms with Crippen LogP contribution in [0.15, 0.2) is 53.1 Å². The number of para-hydroxylation sites is 1. The molecule has 0 saturated carbocycles. The second kappa shape index (κ2) is 9.52.